The number of carbonyl (C=O) groups is 2. The van der Waals surface area contributed by atoms with E-state index in [9.17, 15) is 13.8 Å². The minimum atomic E-state index is -1.27. The summed E-state index contributed by atoms with van der Waals surface area (Å²) in [4.78, 5) is 21.5. The number of aromatic carboxylic acids is 2. The quantitative estimate of drug-likeness (QED) is 0.730. The molecule has 6 heteroatoms. The predicted octanol–water partition coefficient (Wildman–Crippen LogP) is 0.446. The van der Waals surface area contributed by atoms with E-state index in [-0.39, 0.29) is 27.9 Å². The SMILES string of the molecule is O=S=Cc1c(C(=O)O)cccc1C(=O)O. The van der Waals surface area contributed by atoms with Crippen LogP contribution in [-0.2, 0) is 11.3 Å². The van der Waals surface area contributed by atoms with Crippen molar-refractivity contribution in [3.05, 3.63) is 34.9 Å². The first-order chi connectivity index (χ1) is 7.07. The summed E-state index contributed by atoms with van der Waals surface area (Å²) < 4.78 is 10.3. The lowest BCUT2D eigenvalue weighted by Gasteiger charge is -2.03. The van der Waals surface area contributed by atoms with Gasteiger partial charge in [0.2, 0.25) is 0 Å². The Hall–Kier alpha value is -1.95. The summed E-state index contributed by atoms with van der Waals surface area (Å²) in [6, 6.07) is 3.81. The first-order valence-corrected chi connectivity index (χ1v) is 4.60. The van der Waals surface area contributed by atoms with Crippen molar-refractivity contribution in [2.45, 2.75) is 0 Å². The van der Waals surface area contributed by atoms with Gasteiger partial charge in [0.15, 0.2) is 0 Å². The van der Waals surface area contributed by atoms with Crippen LogP contribution in [0.1, 0.15) is 26.3 Å². The van der Waals surface area contributed by atoms with E-state index in [1.54, 1.807) is 0 Å². The predicted molar refractivity (Wildman–Crippen MR) is 53.7 cm³/mol. The zero-order valence-corrected chi connectivity index (χ0v) is 8.15. The summed E-state index contributed by atoms with van der Waals surface area (Å²) in [5.74, 6) is -2.53. The Morgan fingerprint density at radius 3 is 1.93 bits per heavy atom. The molecule has 0 aromatic heterocycles. The molecule has 0 fully saturated rings. The first-order valence-electron chi connectivity index (χ1n) is 3.79. The van der Waals surface area contributed by atoms with Crippen LogP contribution in [0.5, 0.6) is 0 Å². The number of benzene rings is 1. The van der Waals surface area contributed by atoms with E-state index in [1.165, 1.54) is 18.2 Å². The van der Waals surface area contributed by atoms with Gasteiger partial charge in [0, 0.05) is 10.9 Å². The van der Waals surface area contributed by atoms with E-state index in [1.807, 2.05) is 0 Å². The number of carboxylic acid groups (broad SMARTS) is 2. The van der Waals surface area contributed by atoms with E-state index < -0.39 is 11.9 Å². The first kappa shape index (κ1) is 11.1. The summed E-state index contributed by atoms with van der Waals surface area (Å²) in [6.07, 6.45) is 0. The Bertz CT molecular complexity index is 441. The number of hydrogen-bond donors (Lipinski definition) is 2. The fourth-order valence-corrected chi connectivity index (χ4v) is 1.46. The van der Waals surface area contributed by atoms with E-state index in [0.29, 0.717) is 0 Å². The minimum Gasteiger partial charge on any atom is -0.478 e. The molecule has 1 rings (SSSR count). The van der Waals surface area contributed by atoms with Crippen molar-refractivity contribution in [3.63, 3.8) is 0 Å². The van der Waals surface area contributed by atoms with Crippen LogP contribution < -0.4 is 0 Å². The minimum absolute atomic E-state index is 0.0162. The van der Waals surface area contributed by atoms with E-state index in [0.717, 1.165) is 5.37 Å². The molecule has 1 aromatic carbocycles. The summed E-state index contributed by atoms with van der Waals surface area (Å²) in [5.41, 5.74) is -0.464. The molecule has 0 amide bonds. The van der Waals surface area contributed by atoms with Gasteiger partial charge in [-0.2, -0.15) is 0 Å². The van der Waals surface area contributed by atoms with Crippen LogP contribution in [0.4, 0.5) is 0 Å². The van der Waals surface area contributed by atoms with Crippen LogP contribution in [0.3, 0.4) is 0 Å². The largest absolute Gasteiger partial charge is 0.478 e. The van der Waals surface area contributed by atoms with Crippen molar-refractivity contribution in [1.29, 1.82) is 0 Å². The van der Waals surface area contributed by atoms with Crippen LogP contribution >= 0.6 is 0 Å². The van der Waals surface area contributed by atoms with Gasteiger partial charge in [0.25, 0.3) is 0 Å². The average Bonchev–Trinajstić information content (AvgIpc) is 2.17. The fourth-order valence-electron chi connectivity index (χ4n) is 1.11. The van der Waals surface area contributed by atoms with Crippen LogP contribution in [0.25, 0.3) is 0 Å². The zero-order valence-electron chi connectivity index (χ0n) is 7.34. The Balaban J connectivity index is 3.55. The maximum absolute atomic E-state index is 10.7. The van der Waals surface area contributed by atoms with Crippen LogP contribution in [0.2, 0.25) is 0 Å². The molecule has 0 saturated heterocycles. The van der Waals surface area contributed by atoms with Crippen molar-refractivity contribution < 1.29 is 24.0 Å². The van der Waals surface area contributed by atoms with Crippen molar-refractivity contribution >= 4 is 28.6 Å². The molecule has 0 heterocycles. The second kappa shape index (κ2) is 4.52. The van der Waals surface area contributed by atoms with E-state index >= 15 is 0 Å². The lowest BCUT2D eigenvalue weighted by Crippen LogP contribution is -2.09. The summed E-state index contributed by atoms with van der Waals surface area (Å²) in [5, 5.41) is 18.5. The molecule has 0 aliphatic rings. The molecule has 0 aliphatic heterocycles. The van der Waals surface area contributed by atoms with E-state index in [2.05, 4.69) is 0 Å². The summed E-state index contributed by atoms with van der Waals surface area (Å²) in [7, 11) is 0. The molecule has 78 valence electrons. The highest BCUT2D eigenvalue weighted by Gasteiger charge is 2.16. The van der Waals surface area contributed by atoms with Gasteiger partial charge in [-0.1, -0.05) is 6.07 Å². The van der Waals surface area contributed by atoms with Gasteiger partial charge in [-0.3, -0.25) is 0 Å². The highest BCUT2D eigenvalue weighted by Crippen LogP contribution is 2.12. The Kier molecular flexibility index (Phi) is 3.35. The molecule has 0 aliphatic carbocycles. The molecule has 0 saturated carbocycles. The van der Waals surface area contributed by atoms with Crippen molar-refractivity contribution in [3.8, 4) is 0 Å². The van der Waals surface area contributed by atoms with Gasteiger partial charge in [-0.25, -0.2) is 13.8 Å². The van der Waals surface area contributed by atoms with Crippen LogP contribution in [-0.4, -0.2) is 31.7 Å². The fraction of sp³-hybridized carbons (Fsp3) is 0. The van der Waals surface area contributed by atoms with Gasteiger partial charge in [0.1, 0.15) is 0 Å². The smallest absolute Gasteiger partial charge is 0.336 e. The van der Waals surface area contributed by atoms with Crippen molar-refractivity contribution in [2.75, 3.05) is 0 Å². The van der Waals surface area contributed by atoms with Crippen LogP contribution in [0.15, 0.2) is 18.2 Å². The lowest BCUT2D eigenvalue weighted by atomic mass is 10.0. The normalized spacial score (nSPS) is 9.33. The molecular formula is C9H6O5S. The lowest BCUT2D eigenvalue weighted by molar-refractivity contribution is 0.0696. The third-order valence-corrected chi connectivity index (χ3v) is 2.06. The summed E-state index contributed by atoms with van der Waals surface area (Å²) >= 11 is 0.0162. The third kappa shape index (κ3) is 2.29. The molecule has 0 atom stereocenters. The molecule has 0 radical (unpaired) electrons. The molecule has 0 bridgehead atoms. The average molecular weight is 226 g/mol. The van der Waals surface area contributed by atoms with Gasteiger partial charge >= 0.3 is 11.9 Å². The molecule has 2 N–H and O–H groups in total. The molecular weight excluding hydrogens is 220 g/mol. The zero-order chi connectivity index (χ0) is 11.4. The number of carboxylic acids is 2. The molecule has 0 spiro atoms. The van der Waals surface area contributed by atoms with Gasteiger partial charge < -0.3 is 10.2 Å². The molecule has 5 nitrogen and oxygen atoms in total. The van der Waals surface area contributed by atoms with Gasteiger partial charge in [0.05, 0.1) is 22.4 Å². The monoisotopic (exact) mass is 226 g/mol. The maximum atomic E-state index is 10.7. The second-order valence-corrected chi connectivity index (χ2v) is 3.02. The maximum Gasteiger partial charge on any atom is 0.336 e. The van der Waals surface area contributed by atoms with Gasteiger partial charge in [-0.05, 0) is 12.1 Å². The highest BCUT2D eigenvalue weighted by atomic mass is 32.1. The topological polar surface area (TPSA) is 91.7 Å². The Morgan fingerprint density at radius 1 is 1.13 bits per heavy atom. The summed E-state index contributed by atoms with van der Waals surface area (Å²) in [6.45, 7) is 0. The molecule has 15 heavy (non-hydrogen) atoms. The Labute approximate surface area is 88.0 Å². The Morgan fingerprint density at radius 2 is 1.60 bits per heavy atom. The molecule has 1 aromatic rings. The third-order valence-electron chi connectivity index (χ3n) is 1.73. The van der Waals surface area contributed by atoms with Gasteiger partial charge in [-0.15, -0.1) is 0 Å². The highest BCUT2D eigenvalue weighted by molar-refractivity contribution is 7.65. The van der Waals surface area contributed by atoms with Crippen LogP contribution in [0, 0.1) is 0 Å². The number of rotatable bonds is 3. The van der Waals surface area contributed by atoms with Crippen molar-refractivity contribution in [2.24, 2.45) is 0 Å². The van der Waals surface area contributed by atoms with Crippen molar-refractivity contribution in [1.82, 2.24) is 0 Å². The standard InChI is InChI=1S/C9H6O5S/c10-8(11)5-2-1-3-6(9(12)13)7(5)4-15-14/h1-4H,(H,10,11)(H,12,13). The second-order valence-electron chi connectivity index (χ2n) is 2.59. The number of hydrogen-bond acceptors (Lipinski definition) is 3. The molecule has 0 unspecified atom stereocenters. The van der Waals surface area contributed by atoms with E-state index in [4.69, 9.17) is 10.2 Å².